The second-order valence-corrected chi connectivity index (χ2v) is 12.6. The number of carbonyl (C=O) groups is 6. The lowest BCUT2D eigenvalue weighted by atomic mass is 9.73. The fraction of sp³-hybridized carbons (Fsp3) is 0.690. The van der Waals surface area contributed by atoms with Crippen molar-refractivity contribution in [2.75, 3.05) is 51.3 Å². The first-order chi connectivity index (χ1) is 21.6. The number of aromatic amines is 1. The summed E-state index contributed by atoms with van der Waals surface area (Å²) in [6.45, 7) is 5.38. The number of hydrogen-bond donors (Lipinski definition) is 6. The van der Waals surface area contributed by atoms with Crippen molar-refractivity contribution in [3.05, 3.63) is 18.2 Å². The average molecular weight is 651 g/mol. The van der Waals surface area contributed by atoms with E-state index in [1.807, 2.05) is 13.2 Å². The van der Waals surface area contributed by atoms with Crippen LogP contribution in [0, 0.1) is 5.41 Å². The lowest BCUT2D eigenvalue weighted by Crippen LogP contribution is -2.60. The third kappa shape index (κ3) is 11.3. The minimum Gasteiger partial charge on any atom is -0.447 e. The normalized spacial score (nSPS) is 17.3. The molecule has 2 aliphatic rings. The van der Waals surface area contributed by atoms with Gasteiger partial charge in [0.2, 0.25) is 23.6 Å². The highest BCUT2D eigenvalue weighted by Gasteiger charge is 2.41. The predicted octanol–water partition coefficient (Wildman–Crippen LogP) is -0.513. The molecule has 0 aliphatic carbocycles. The maximum atomic E-state index is 13.6. The summed E-state index contributed by atoms with van der Waals surface area (Å²) in [7, 11) is 0. The summed E-state index contributed by atoms with van der Waals surface area (Å²) in [4.78, 5) is 85.3. The Morgan fingerprint density at radius 1 is 1.02 bits per heavy atom. The number of carbonyl (C=O) groups excluding carboxylic acids is 6. The quantitative estimate of drug-likeness (QED) is 0.127. The maximum absolute atomic E-state index is 13.6. The van der Waals surface area contributed by atoms with E-state index in [-0.39, 0.29) is 42.9 Å². The van der Waals surface area contributed by atoms with Crippen LogP contribution in [0.4, 0.5) is 4.79 Å². The number of Topliss-reactive ketones (excluding diaryl/α,β-unsaturated/α-hetero) is 1. The summed E-state index contributed by atoms with van der Waals surface area (Å²) >= 11 is 1.47. The van der Waals surface area contributed by atoms with Crippen LogP contribution in [0.5, 0.6) is 0 Å². The van der Waals surface area contributed by atoms with Gasteiger partial charge in [-0.15, -0.1) is 0 Å². The first-order valence-electron chi connectivity index (χ1n) is 15.3. The molecule has 0 radical (unpaired) electrons. The molecular formula is C29H46N8O7S. The number of rotatable bonds is 17. The van der Waals surface area contributed by atoms with E-state index in [1.54, 1.807) is 4.90 Å². The molecule has 1 spiro atoms. The molecule has 1 aromatic rings. The van der Waals surface area contributed by atoms with Crippen LogP contribution in [0.25, 0.3) is 0 Å². The van der Waals surface area contributed by atoms with E-state index in [0.717, 1.165) is 25.9 Å². The Balaban J connectivity index is 1.74. The van der Waals surface area contributed by atoms with Crippen LogP contribution in [-0.2, 0) is 35.1 Å². The molecule has 2 fully saturated rings. The number of hydrogen-bond acceptors (Lipinski definition) is 10. The highest BCUT2D eigenvalue weighted by molar-refractivity contribution is 7.98. The van der Waals surface area contributed by atoms with Crippen molar-refractivity contribution in [3.8, 4) is 0 Å². The molecule has 45 heavy (non-hydrogen) atoms. The smallest absolute Gasteiger partial charge is 0.409 e. The zero-order valence-electron chi connectivity index (χ0n) is 26.2. The molecule has 6 N–H and O–H groups in total. The molecule has 0 aromatic carbocycles. The van der Waals surface area contributed by atoms with Crippen LogP contribution < -0.4 is 26.6 Å². The van der Waals surface area contributed by atoms with Gasteiger partial charge in [0.15, 0.2) is 0 Å². The topological polar surface area (TPSA) is 204 Å². The molecular weight excluding hydrogens is 604 g/mol. The van der Waals surface area contributed by atoms with Gasteiger partial charge in [0.25, 0.3) is 0 Å². The summed E-state index contributed by atoms with van der Waals surface area (Å²) in [6.07, 6.45) is 7.01. The minimum absolute atomic E-state index is 0.0730. The Labute approximate surface area is 267 Å². The minimum atomic E-state index is -1.38. The summed E-state index contributed by atoms with van der Waals surface area (Å²) in [5.41, 5.74) is 0.802. The van der Waals surface area contributed by atoms with E-state index >= 15 is 0 Å². The monoisotopic (exact) mass is 650 g/mol. The van der Waals surface area contributed by atoms with Crippen LogP contribution in [0.15, 0.2) is 12.5 Å². The lowest BCUT2D eigenvalue weighted by molar-refractivity contribution is -0.134. The number of likely N-dealkylation sites (tertiary alicyclic amines) is 1. The zero-order valence-corrected chi connectivity index (χ0v) is 27.1. The standard InChI is InChI=1S/C29H46N8O7S/c1-4-5-24(39)34-22(12-20-14-30-18-33-20)26(41)36-23(15-44-28(43)37-9-7-29(8-10-37)16-31-17-29)27(42)35-21(6-11-45-3)25(40)32-13-19(2)38/h14,18,21-23,31H,4-13,15-17H2,1-3H3,(H,30,33)(H,32,40)(H,34,39)(H,35,42)(H,36,41). The molecule has 0 bridgehead atoms. The third-order valence-corrected chi connectivity index (χ3v) is 8.60. The van der Waals surface area contributed by atoms with Crippen molar-refractivity contribution in [2.24, 2.45) is 5.41 Å². The summed E-state index contributed by atoms with van der Waals surface area (Å²) < 4.78 is 5.54. The van der Waals surface area contributed by atoms with E-state index in [1.165, 1.54) is 31.2 Å². The Bertz CT molecular complexity index is 1170. The molecule has 15 nitrogen and oxygen atoms in total. The number of ether oxygens (including phenoxy) is 1. The molecule has 3 rings (SSSR count). The summed E-state index contributed by atoms with van der Waals surface area (Å²) in [5.74, 6) is -2.03. The van der Waals surface area contributed by atoms with Gasteiger partial charge in [-0.25, -0.2) is 9.78 Å². The Morgan fingerprint density at radius 3 is 2.29 bits per heavy atom. The van der Waals surface area contributed by atoms with Crippen molar-refractivity contribution in [2.45, 2.75) is 70.5 Å². The van der Waals surface area contributed by atoms with Gasteiger partial charge in [0.05, 0.1) is 12.9 Å². The van der Waals surface area contributed by atoms with Crippen LogP contribution in [0.1, 0.15) is 51.6 Å². The van der Waals surface area contributed by atoms with Gasteiger partial charge in [-0.2, -0.15) is 11.8 Å². The van der Waals surface area contributed by atoms with Crippen molar-refractivity contribution in [3.63, 3.8) is 0 Å². The fourth-order valence-corrected chi connectivity index (χ4v) is 5.60. The van der Waals surface area contributed by atoms with Gasteiger partial charge in [0, 0.05) is 50.9 Å². The number of thioether (sulfide) groups is 1. The SMILES string of the molecule is CCCC(=O)NC(Cc1cnc[nH]1)C(=O)NC(COC(=O)N1CCC2(CC1)CNC2)C(=O)NC(CCSC)C(=O)NCC(C)=O. The Morgan fingerprint density at radius 2 is 1.71 bits per heavy atom. The van der Waals surface area contributed by atoms with Crippen LogP contribution in [0.2, 0.25) is 0 Å². The van der Waals surface area contributed by atoms with E-state index in [4.69, 9.17) is 4.74 Å². The predicted molar refractivity (Wildman–Crippen MR) is 167 cm³/mol. The third-order valence-electron chi connectivity index (χ3n) is 7.95. The largest absolute Gasteiger partial charge is 0.447 e. The first kappa shape index (κ1) is 35.8. The molecule has 2 aliphatic heterocycles. The number of ketones is 1. The first-order valence-corrected chi connectivity index (χ1v) is 16.7. The Hall–Kier alpha value is -3.66. The molecule has 2 saturated heterocycles. The number of piperidine rings is 1. The van der Waals surface area contributed by atoms with Crippen molar-refractivity contribution in [1.82, 2.24) is 41.5 Å². The summed E-state index contributed by atoms with van der Waals surface area (Å²) in [6, 6.07) is -3.44. The van der Waals surface area contributed by atoms with Gasteiger partial charge in [-0.3, -0.25) is 24.0 Å². The molecule has 3 atom stereocenters. The van der Waals surface area contributed by atoms with Crippen LogP contribution in [0.3, 0.4) is 0 Å². The number of nitrogens with one attached hydrogen (secondary N) is 6. The number of aromatic nitrogens is 2. The van der Waals surface area contributed by atoms with Crippen LogP contribution in [-0.4, -0.2) is 120 Å². The Kier molecular flexibility index (Phi) is 14.1. The second-order valence-electron chi connectivity index (χ2n) is 11.6. The highest BCUT2D eigenvalue weighted by atomic mass is 32.2. The number of amides is 5. The van der Waals surface area contributed by atoms with Gasteiger partial charge in [-0.05, 0) is 50.0 Å². The molecule has 250 valence electrons. The molecule has 5 amide bonds. The van der Waals surface area contributed by atoms with E-state index < -0.39 is 48.5 Å². The fourth-order valence-electron chi connectivity index (χ4n) is 5.13. The highest BCUT2D eigenvalue weighted by Crippen LogP contribution is 2.35. The van der Waals surface area contributed by atoms with Gasteiger partial charge < -0.3 is 41.2 Å². The van der Waals surface area contributed by atoms with Gasteiger partial charge >= 0.3 is 6.09 Å². The number of imidazole rings is 1. The van der Waals surface area contributed by atoms with Crippen molar-refractivity contribution >= 4 is 47.3 Å². The molecule has 16 heteroatoms. The maximum Gasteiger partial charge on any atom is 0.409 e. The second kappa shape index (κ2) is 17.7. The molecule has 3 unspecified atom stereocenters. The summed E-state index contributed by atoms with van der Waals surface area (Å²) in [5, 5.41) is 13.8. The number of H-pyrrole nitrogens is 1. The van der Waals surface area contributed by atoms with Gasteiger partial charge in [-0.1, -0.05) is 6.92 Å². The molecule has 0 saturated carbocycles. The van der Waals surface area contributed by atoms with E-state index in [9.17, 15) is 28.8 Å². The van der Waals surface area contributed by atoms with Crippen molar-refractivity contribution in [1.29, 1.82) is 0 Å². The average Bonchev–Trinajstić information content (AvgIpc) is 3.52. The zero-order chi connectivity index (χ0) is 32.8. The van der Waals surface area contributed by atoms with Crippen LogP contribution >= 0.6 is 11.8 Å². The van der Waals surface area contributed by atoms with E-state index in [0.29, 0.717) is 31.0 Å². The number of nitrogens with zero attached hydrogens (tertiary/aromatic N) is 2. The molecule has 1 aromatic heterocycles. The van der Waals surface area contributed by atoms with Gasteiger partial charge in [0.1, 0.15) is 30.5 Å². The van der Waals surface area contributed by atoms with E-state index in [2.05, 4.69) is 36.6 Å². The van der Waals surface area contributed by atoms with Crippen molar-refractivity contribution < 1.29 is 33.5 Å². The lowest BCUT2D eigenvalue weighted by Gasteiger charge is -2.48. The molecule has 3 heterocycles.